The van der Waals surface area contributed by atoms with Gasteiger partial charge in [-0.25, -0.2) is 5.43 Å². The van der Waals surface area contributed by atoms with Crippen molar-refractivity contribution in [3.8, 4) is 0 Å². The average molecular weight is 384 g/mol. The van der Waals surface area contributed by atoms with Crippen LogP contribution in [-0.2, 0) is 9.59 Å². The zero-order valence-electron chi connectivity index (χ0n) is 16.1. The predicted octanol–water partition coefficient (Wildman–Crippen LogP) is 3.25. The van der Waals surface area contributed by atoms with Gasteiger partial charge in [-0.1, -0.05) is 50.2 Å². The maximum absolute atomic E-state index is 12.9. The largest absolute Gasteiger partial charge is 0.319 e. The quantitative estimate of drug-likeness (QED) is 0.478. The Balaban J connectivity index is 2.22. The minimum absolute atomic E-state index is 0.0943. The number of nitrogens with one attached hydrogen (secondary N) is 3. The minimum atomic E-state index is -0.918. The van der Waals surface area contributed by atoms with Gasteiger partial charge in [-0.15, -0.1) is 0 Å². The third-order valence-corrected chi connectivity index (χ3v) is 3.95. The number of benzene rings is 2. The molecule has 0 aliphatic rings. The van der Waals surface area contributed by atoms with Crippen LogP contribution in [0.3, 0.4) is 0 Å². The lowest BCUT2D eigenvalue weighted by Crippen LogP contribution is -2.44. The maximum Gasteiger partial charge on any atom is 0.293 e. The maximum atomic E-state index is 12.9. The van der Waals surface area contributed by atoms with Crippen molar-refractivity contribution in [2.75, 3.05) is 5.32 Å². The Morgan fingerprint density at radius 1 is 1.11 bits per heavy atom. The molecule has 0 aliphatic heterocycles. The lowest BCUT2D eigenvalue weighted by Gasteiger charge is -2.20. The van der Waals surface area contributed by atoms with E-state index in [4.69, 9.17) is 0 Å². The molecule has 1 unspecified atom stereocenters. The number of nitrogens with zero attached hydrogens (tertiary/aromatic N) is 1. The highest BCUT2D eigenvalue weighted by molar-refractivity contribution is 5.97. The van der Waals surface area contributed by atoms with E-state index in [1.165, 1.54) is 12.1 Å². The predicted molar refractivity (Wildman–Crippen MR) is 106 cm³/mol. The van der Waals surface area contributed by atoms with Gasteiger partial charge in [-0.05, 0) is 30.0 Å². The number of hydrogen-bond donors (Lipinski definition) is 3. The number of anilines is 1. The van der Waals surface area contributed by atoms with Crippen LogP contribution >= 0.6 is 0 Å². The van der Waals surface area contributed by atoms with Gasteiger partial charge in [-0.3, -0.25) is 25.1 Å². The molecule has 0 radical (unpaired) electrons. The third kappa shape index (κ3) is 5.88. The SMILES string of the molecule is Cc1ccc(NC(=O)C(NNC(=O)CC(C)C)c2ccccc2)c([N+](=O)[O-])c1. The fourth-order valence-electron chi connectivity index (χ4n) is 2.62. The van der Waals surface area contributed by atoms with E-state index >= 15 is 0 Å². The Morgan fingerprint density at radius 3 is 2.39 bits per heavy atom. The van der Waals surface area contributed by atoms with Gasteiger partial charge in [-0.2, -0.15) is 0 Å². The van der Waals surface area contributed by atoms with Gasteiger partial charge in [0, 0.05) is 12.5 Å². The van der Waals surface area contributed by atoms with Crippen LogP contribution in [-0.4, -0.2) is 16.7 Å². The molecule has 0 heterocycles. The monoisotopic (exact) mass is 384 g/mol. The molecule has 1 atom stereocenters. The van der Waals surface area contributed by atoms with Crippen LogP contribution in [0.1, 0.15) is 37.4 Å². The van der Waals surface area contributed by atoms with Crippen LogP contribution in [0, 0.1) is 23.0 Å². The normalized spacial score (nSPS) is 11.7. The lowest BCUT2D eigenvalue weighted by atomic mass is 10.1. The Bertz CT molecular complexity index is 853. The number of amides is 2. The van der Waals surface area contributed by atoms with Gasteiger partial charge in [0.25, 0.3) is 5.69 Å². The first-order chi connectivity index (χ1) is 13.3. The van der Waals surface area contributed by atoms with Crippen molar-refractivity contribution >= 4 is 23.2 Å². The molecule has 28 heavy (non-hydrogen) atoms. The zero-order chi connectivity index (χ0) is 20.7. The first-order valence-corrected chi connectivity index (χ1v) is 8.93. The van der Waals surface area contributed by atoms with E-state index in [0.717, 1.165) is 0 Å². The molecule has 0 spiro atoms. The first kappa shape index (κ1) is 21.0. The molecule has 0 bridgehead atoms. The fraction of sp³-hybridized carbons (Fsp3) is 0.300. The van der Waals surface area contributed by atoms with Crippen molar-refractivity contribution < 1.29 is 14.5 Å². The summed E-state index contributed by atoms with van der Waals surface area (Å²) in [6.45, 7) is 5.56. The standard InChI is InChI=1S/C20H24N4O4/c1-13(2)11-18(25)22-23-19(15-7-5-4-6-8-15)20(26)21-16-10-9-14(3)12-17(16)24(27)28/h4-10,12-13,19,23H,11H2,1-3H3,(H,21,26)(H,22,25). The minimum Gasteiger partial charge on any atom is -0.319 e. The summed E-state index contributed by atoms with van der Waals surface area (Å²) in [6, 6.07) is 12.4. The van der Waals surface area contributed by atoms with E-state index in [2.05, 4.69) is 16.2 Å². The number of hydrogen-bond acceptors (Lipinski definition) is 5. The van der Waals surface area contributed by atoms with E-state index < -0.39 is 16.9 Å². The first-order valence-electron chi connectivity index (χ1n) is 8.93. The molecule has 2 amide bonds. The summed E-state index contributed by atoms with van der Waals surface area (Å²) in [5.74, 6) is -0.603. The molecule has 0 saturated carbocycles. The van der Waals surface area contributed by atoms with Crippen LogP contribution in [0.5, 0.6) is 0 Å². The van der Waals surface area contributed by atoms with Gasteiger partial charge >= 0.3 is 0 Å². The van der Waals surface area contributed by atoms with Crippen molar-refractivity contribution in [2.45, 2.75) is 33.2 Å². The van der Waals surface area contributed by atoms with E-state index in [9.17, 15) is 19.7 Å². The number of nitro benzene ring substituents is 1. The Morgan fingerprint density at radius 2 is 1.79 bits per heavy atom. The Kier molecular flexibility index (Phi) is 7.22. The molecule has 2 aromatic carbocycles. The molecule has 148 valence electrons. The summed E-state index contributed by atoms with van der Waals surface area (Å²) >= 11 is 0. The van der Waals surface area contributed by atoms with Crippen LogP contribution < -0.4 is 16.2 Å². The molecular weight excluding hydrogens is 360 g/mol. The van der Waals surface area contributed by atoms with E-state index in [1.54, 1.807) is 43.3 Å². The topological polar surface area (TPSA) is 113 Å². The van der Waals surface area contributed by atoms with Crippen molar-refractivity contribution in [3.05, 3.63) is 69.8 Å². The molecule has 0 aliphatic carbocycles. The number of aryl methyl sites for hydroxylation is 1. The lowest BCUT2D eigenvalue weighted by molar-refractivity contribution is -0.384. The Labute approximate surface area is 163 Å². The summed E-state index contributed by atoms with van der Waals surface area (Å²) in [4.78, 5) is 35.6. The summed E-state index contributed by atoms with van der Waals surface area (Å²) in [5.41, 5.74) is 6.51. The smallest absolute Gasteiger partial charge is 0.293 e. The second-order valence-electron chi connectivity index (χ2n) is 6.90. The average Bonchev–Trinajstić information content (AvgIpc) is 2.63. The molecule has 0 fully saturated rings. The number of rotatable bonds is 8. The van der Waals surface area contributed by atoms with E-state index in [0.29, 0.717) is 17.5 Å². The third-order valence-electron chi connectivity index (χ3n) is 3.95. The molecular formula is C20H24N4O4. The number of hydrazine groups is 1. The highest BCUT2D eigenvalue weighted by Crippen LogP contribution is 2.26. The van der Waals surface area contributed by atoms with Crippen molar-refractivity contribution in [2.24, 2.45) is 5.92 Å². The van der Waals surface area contributed by atoms with E-state index in [1.807, 2.05) is 13.8 Å². The van der Waals surface area contributed by atoms with Crippen LogP contribution in [0.15, 0.2) is 48.5 Å². The van der Waals surface area contributed by atoms with Gasteiger partial charge < -0.3 is 5.32 Å². The summed E-state index contributed by atoms with van der Waals surface area (Å²) in [6.07, 6.45) is 0.305. The van der Waals surface area contributed by atoms with Crippen LogP contribution in [0.4, 0.5) is 11.4 Å². The van der Waals surface area contributed by atoms with Gasteiger partial charge in [0.1, 0.15) is 11.7 Å². The van der Waals surface area contributed by atoms with Crippen molar-refractivity contribution in [1.82, 2.24) is 10.9 Å². The molecule has 0 aromatic heterocycles. The number of nitro groups is 1. The fourth-order valence-corrected chi connectivity index (χ4v) is 2.62. The van der Waals surface area contributed by atoms with Gasteiger partial charge in [0.05, 0.1) is 4.92 Å². The molecule has 8 nitrogen and oxygen atoms in total. The summed E-state index contributed by atoms with van der Waals surface area (Å²) in [7, 11) is 0. The molecule has 3 N–H and O–H groups in total. The summed E-state index contributed by atoms with van der Waals surface area (Å²) in [5, 5.41) is 13.9. The molecule has 2 rings (SSSR count). The summed E-state index contributed by atoms with van der Waals surface area (Å²) < 4.78 is 0. The zero-order valence-corrected chi connectivity index (χ0v) is 16.1. The van der Waals surface area contributed by atoms with Gasteiger partial charge in [0.2, 0.25) is 11.8 Å². The molecule has 2 aromatic rings. The Hall–Kier alpha value is -3.26. The second-order valence-corrected chi connectivity index (χ2v) is 6.90. The van der Waals surface area contributed by atoms with Crippen molar-refractivity contribution in [1.29, 1.82) is 0 Å². The number of carbonyl (C=O) groups is 2. The number of carbonyl (C=O) groups excluding carboxylic acids is 2. The molecule has 8 heteroatoms. The van der Waals surface area contributed by atoms with Crippen molar-refractivity contribution in [3.63, 3.8) is 0 Å². The van der Waals surface area contributed by atoms with Crippen LogP contribution in [0.25, 0.3) is 0 Å². The molecule has 0 saturated heterocycles. The van der Waals surface area contributed by atoms with E-state index in [-0.39, 0.29) is 23.2 Å². The van der Waals surface area contributed by atoms with Gasteiger partial charge in [0.15, 0.2) is 0 Å². The van der Waals surface area contributed by atoms with Crippen LogP contribution in [0.2, 0.25) is 0 Å². The second kappa shape index (κ2) is 9.61. The highest BCUT2D eigenvalue weighted by atomic mass is 16.6. The highest BCUT2D eigenvalue weighted by Gasteiger charge is 2.24.